The van der Waals surface area contributed by atoms with Crippen LogP contribution in [0.5, 0.6) is 0 Å². The van der Waals surface area contributed by atoms with Crippen LogP contribution in [0.2, 0.25) is 0 Å². The number of ether oxygens (including phenoxy) is 1. The first kappa shape index (κ1) is 13.3. The molecule has 2 aliphatic rings. The Kier molecular flexibility index (Phi) is 5.26. The molecule has 17 heavy (non-hydrogen) atoms. The van der Waals surface area contributed by atoms with Gasteiger partial charge in [0.2, 0.25) is 0 Å². The molecule has 2 N–H and O–H groups in total. The second-order valence-corrected chi connectivity index (χ2v) is 5.67. The van der Waals surface area contributed by atoms with Crippen molar-refractivity contribution < 1.29 is 9.84 Å². The summed E-state index contributed by atoms with van der Waals surface area (Å²) in [5.74, 6) is 0. The van der Waals surface area contributed by atoms with Crippen LogP contribution in [0.4, 0.5) is 0 Å². The minimum atomic E-state index is 0.271. The number of rotatable bonds is 7. The highest BCUT2D eigenvalue weighted by atomic mass is 16.5. The van der Waals surface area contributed by atoms with E-state index in [9.17, 15) is 0 Å². The van der Waals surface area contributed by atoms with Crippen LogP contribution < -0.4 is 5.32 Å². The first-order valence-corrected chi connectivity index (χ1v) is 7.33. The predicted molar refractivity (Wildman–Crippen MR) is 69.1 cm³/mol. The Morgan fingerprint density at radius 1 is 1.18 bits per heavy atom. The average Bonchev–Trinajstić information content (AvgIpc) is 2.32. The average molecular weight is 241 g/mol. The van der Waals surface area contributed by atoms with Crippen LogP contribution in [0.3, 0.4) is 0 Å². The SMILES string of the molecule is OCCCCCCNC1CCOC2(CCC2)C1. The van der Waals surface area contributed by atoms with Crippen molar-refractivity contribution in [3.8, 4) is 0 Å². The lowest BCUT2D eigenvalue weighted by Crippen LogP contribution is -2.51. The van der Waals surface area contributed by atoms with Crippen molar-refractivity contribution in [1.82, 2.24) is 5.32 Å². The normalized spacial score (nSPS) is 27.0. The third kappa shape index (κ3) is 3.94. The van der Waals surface area contributed by atoms with Crippen LogP contribution in [0.1, 0.15) is 57.8 Å². The Morgan fingerprint density at radius 2 is 2.00 bits per heavy atom. The second kappa shape index (κ2) is 6.72. The minimum absolute atomic E-state index is 0.271. The van der Waals surface area contributed by atoms with Crippen molar-refractivity contribution in [2.45, 2.75) is 69.4 Å². The Morgan fingerprint density at radius 3 is 2.71 bits per heavy atom. The third-order valence-corrected chi connectivity index (χ3v) is 4.28. The van der Waals surface area contributed by atoms with Gasteiger partial charge in [-0.2, -0.15) is 0 Å². The van der Waals surface area contributed by atoms with Crippen molar-refractivity contribution in [2.24, 2.45) is 0 Å². The molecule has 1 heterocycles. The summed E-state index contributed by atoms with van der Waals surface area (Å²) in [7, 11) is 0. The zero-order valence-corrected chi connectivity index (χ0v) is 10.9. The van der Waals surface area contributed by atoms with Crippen LogP contribution in [-0.2, 0) is 4.74 Å². The van der Waals surface area contributed by atoms with Gasteiger partial charge < -0.3 is 15.2 Å². The van der Waals surface area contributed by atoms with Crippen molar-refractivity contribution >= 4 is 0 Å². The molecule has 100 valence electrons. The maximum Gasteiger partial charge on any atom is 0.0697 e. The Labute approximate surface area is 105 Å². The van der Waals surface area contributed by atoms with E-state index in [1.165, 1.54) is 44.9 Å². The zero-order valence-electron chi connectivity index (χ0n) is 10.9. The van der Waals surface area contributed by atoms with Gasteiger partial charge in [-0.3, -0.25) is 0 Å². The van der Waals surface area contributed by atoms with Gasteiger partial charge in [0, 0.05) is 19.3 Å². The van der Waals surface area contributed by atoms with E-state index in [1.54, 1.807) is 0 Å². The van der Waals surface area contributed by atoms with E-state index in [0.29, 0.717) is 12.6 Å². The zero-order chi connectivity index (χ0) is 12.0. The van der Waals surface area contributed by atoms with Gasteiger partial charge >= 0.3 is 0 Å². The van der Waals surface area contributed by atoms with Crippen molar-refractivity contribution in [1.29, 1.82) is 0 Å². The summed E-state index contributed by atoms with van der Waals surface area (Å²) in [6, 6.07) is 0.682. The van der Waals surface area contributed by atoms with Gasteiger partial charge in [0.15, 0.2) is 0 Å². The van der Waals surface area contributed by atoms with Crippen LogP contribution in [0.15, 0.2) is 0 Å². The fraction of sp³-hybridized carbons (Fsp3) is 1.00. The molecule has 2 fully saturated rings. The predicted octanol–water partition coefficient (Wildman–Crippen LogP) is 2.23. The van der Waals surface area contributed by atoms with Crippen molar-refractivity contribution in [2.75, 3.05) is 19.8 Å². The molecule has 0 aromatic heterocycles. The van der Waals surface area contributed by atoms with Crippen molar-refractivity contribution in [3.05, 3.63) is 0 Å². The van der Waals surface area contributed by atoms with Gasteiger partial charge in [0.1, 0.15) is 0 Å². The van der Waals surface area contributed by atoms with E-state index in [-0.39, 0.29) is 5.60 Å². The van der Waals surface area contributed by atoms with E-state index < -0.39 is 0 Å². The highest BCUT2D eigenvalue weighted by molar-refractivity contribution is 4.95. The fourth-order valence-corrected chi connectivity index (χ4v) is 3.02. The van der Waals surface area contributed by atoms with Crippen molar-refractivity contribution in [3.63, 3.8) is 0 Å². The molecule has 1 spiro atoms. The molecule has 1 aliphatic heterocycles. The molecule has 1 aliphatic carbocycles. The summed E-state index contributed by atoms with van der Waals surface area (Å²) < 4.78 is 5.92. The number of hydrogen-bond acceptors (Lipinski definition) is 3. The Bertz CT molecular complexity index is 216. The molecule has 0 amide bonds. The largest absolute Gasteiger partial charge is 0.396 e. The van der Waals surface area contributed by atoms with Crippen LogP contribution in [-0.4, -0.2) is 36.5 Å². The molecule has 3 heteroatoms. The van der Waals surface area contributed by atoms with Gasteiger partial charge in [-0.25, -0.2) is 0 Å². The molecular weight excluding hydrogens is 214 g/mol. The number of nitrogens with one attached hydrogen (secondary N) is 1. The summed E-state index contributed by atoms with van der Waals surface area (Å²) in [4.78, 5) is 0. The van der Waals surface area contributed by atoms with Gasteiger partial charge in [-0.05, 0) is 51.5 Å². The Hall–Kier alpha value is -0.120. The van der Waals surface area contributed by atoms with E-state index >= 15 is 0 Å². The monoisotopic (exact) mass is 241 g/mol. The van der Waals surface area contributed by atoms with Crippen LogP contribution >= 0.6 is 0 Å². The number of unbranched alkanes of at least 4 members (excludes halogenated alkanes) is 3. The summed E-state index contributed by atoms with van der Waals surface area (Å²) in [6.45, 7) is 2.42. The van der Waals surface area contributed by atoms with E-state index in [2.05, 4.69) is 5.32 Å². The van der Waals surface area contributed by atoms with Gasteiger partial charge in [0.05, 0.1) is 5.60 Å². The summed E-state index contributed by atoms with van der Waals surface area (Å²) >= 11 is 0. The highest BCUT2D eigenvalue weighted by Crippen LogP contribution is 2.42. The number of aliphatic hydroxyl groups is 1. The van der Waals surface area contributed by atoms with Crippen LogP contribution in [0, 0.1) is 0 Å². The lowest BCUT2D eigenvalue weighted by atomic mass is 9.74. The second-order valence-electron chi connectivity index (χ2n) is 5.67. The first-order chi connectivity index (χ1) is 8.35. The molecule has 0 aromatic rings. The fourth-order valence-electron chi connectivity index (χ4n) is 3.02. The van der Waals surface area contributed by atoms with Gasteiger partial charge in [-0.15, -0.1) is 0 Å². The lowest BCUT2D eigenvalue weighted by Gasteiger charge is -2.47. The first-order valence-electron chi connectivity index (χ1n) is 7.33. The van der Waals surface area contributed by atoms with E-state index in [4.69, 9.17) is 9.84 Å². The molecule has 1 atom stereocenters. The molecule has 1 unspecified atom stereocenters. The molecule has 1 saturated heterocycles. The summed E-state index contributed by atoms with van der Waals surface area (Å²) in [6.07, 6.45) is 10.9. The molecule has 2 rings (SSSR count). The Balaban J connectivity index is 1.53. The lowest BCUT2D eigenvalue weighted by molar-refractivity contribution is -0.135. The molecule has 0 aromatic carbocycles. The maximum atomic E-state index is 8.69. The molecule has 3 nitrogen and oxygen atoms in total. The molecule has 0 radical (unpaired) electrons. The van der Waals surface area contributed by atoms with E-state index in [0.717, 1.165) is 26.0 Å². The molecule has 0 bridgehead atoms. The molecular formula is C14H27NO2. The maximum absolute atomic E-state index is 8.69. The van der Waals surface area contributed by atoms with E-state index in [1.807, 2.05) is 0 Å². The van der Waals surface area contributed by atoms with Crippen LogP contribution in [0.25, 0.3) is 0 Å². The summed E-state index contributed by atoms with van der Waals surface area (Å²) in [5.41, 5.74) is 0.271. The van der Waals surface area contributed by atoms with Gasteiger partial charge in [-0.1, -0.05) is 12.8 Å². The standard InChI is InChI=1S/C14H27NO2/c16-10-4-2-1-3-9-15-13-6-11-17-14(12-13)7-5-8-14/h13,15-16H,1-12H2. The third-order valence-electron chi connectivity index (χ3n) is 4.28. The smallest absolute Gasteiger partial charge is 0.0697 e. The number of aliphatic hydroxyl groups excluding tert-OH is 1. The summed E-state index contributed by atoms with van der Waals surface area (Å²) in [5, 5.41) is 12.4. The topological polar surface area (TPSA) is 41.5 Å². The quantitative estimate of drug-likeness (QED) is 0.672. The van der Waals surface area contributed by atoms with Gasteiger partial charge in [0.25, 0.3) is 0 Å². The minimum Gasteiger partial charge on any atom is -0.396 e. The highest BCUT2D eigenvalue weighted by Gasteiger charge is 2.42. The molecule has 1 saturated carbocycles. The number of hydrogen-bond donors (Lipinski definition) is 2.